The highest BCUT2D eigenvalue weighted by atomic mass is 16.5. The maximum atomic E-state index is 7.18. The van der Waals surface area contributed by atoms with Gasteiger partial charge in [-0.3, -0.25) is 0 Å². The summed E-state index contributed by atoms with van der Waals surface area (Å²) in [5.41, 5.74) is 18.2. The molecule has 1 heterocycles. The zero-order valence-corrected chi connectivity index (χ0v) is 29.4. The second kappa shape index (κ2) is 10.8. The number of rotatable bonds is 3. The second-order valence-corrected chi connectivity index (χ2v) is 14.4. The Bertz CT molecular complexity index is 2600. The Kier molecular flexibility index (Phi) is 6.59. The molecule has 0 fully saturated rings. The molecule has 0 aliphatic carbocycles. The van der Waals surface area contributed by atoms with Crippen LogP contribution in [0, 0.1) is 48.5 Å². The topological polar surface area (TPSA) is 9.23 Å². The molecule has 8 aromatic rings. The predicted molar refractivity (Wildman–Crippen MR) is 212 cm³/mol. The normalized spacial score (nSPS) is 12.5. The van der Waals surface area contributed by atoms with Crippen molar-refractivity contribution in [1.29, 1.82) is 0 Å². The minimum Gasteiger partial charge on any atom is -0.458 e. The minimum absolute atomic E-state index is 0.0154. The predicted octanol–water partition coefficient (Wildman–Crippen LogP) is 10.7. The lowest BCUT2D eigenvalue weighted by molar-refractivity contribution is 0.493. The van der Waals surface area contributed by atoms with E-state index in [0.717, 1.165) is 11.5 Å². The van der Waals surface area contributed by atoms with Crippen LogP contribution < -0.4 is 21.1 Å². The Morgan fingerprint density at radius 1 is 0.449 bits per heavy atom. The summed E-state index contributed by atoms with van der Waals surface area (Å²) in [5.74, 6) is 1.93. The highest BCUT2D eigenvalue weighted by molar-refractivity contribution is 6.98. The summed E-state index contributed by atoms with van der Waals surface area (Å²) in [4.78, 5) is 0. The molecule has 0 unspecified atom stereocenters. The molecule has 236 valence electrons. The Balaban J connectivity index is 1.51. The van der Waals surface area contributed by atoms with Gasteiger partial charge in [-0.15, -0.1) is 0 Å². The van der Waals surface area contributed by atoms with E-state index < -0.39 is 0 Å². The average molecular weight is 631 g/mol. The van der Waals surface area contributed by atoms with Crippen molar-refractivity contribution in [3.63, 3.8) is 0 Å². The molecular weight excluding hydrogens is 591 g/mol. The molecule has 0 radical (unpaired) electrons. The van der Waals surface area contributed by atoms with E-state index in [2.05, 4.69) is 158 Å². The van der Waals surface area contributed by atoms with E-state index in [9.17, 15) is 0 Å². The number of fused-ring (bicyclic) bond motifs is 3. The number of aryl methyl sites for hydroxylation is 7. The number of hydrogen-bond acceptors (Lipinski definition) is 1. The van der Waals surface area contributed by atoms with Gasteiger partial charge in [-0.2, -0.15) is 0 Å². The van der Waals surface area contributed by atoms with Crippen molar-refractivity contribution >= 4 is 55.4 Å². The highest BCUT2D eigenvalue weighted by Gasteiger charge is 2.39. The number of benzene rings is 8. The monoisotopic (exact) mass is 630 g/mol. The molecule has 1 aliphatic heterocycles. The van der Waals surface area contributed by atoms with Crippen LogP contribution in [0.15, 0.2) is 109 Å². The van der Waals surface area contributed by atoms with Crippen LogP contribution in [0.5, 0.6) is 11.5 Å². The van der Waals surface area contributed by atoms with Crippen molar-refractivity contribution in [3.8, 4) is 33.8 Å². The molecule has 0 amide bonds. The molecule has 0 aromatic heterocycles. The van der Waals surface area contributed by atoms with E-state index in [0.29, 0.717) is 0 Å². The Morgan fingerprint density at radius 2 is 1.04 bits per heavy atom. The molecule has 2 heteroatoms. The molecule has 0 saturated heterocycles. The van der Waals surface area contributed by atoms with Crippen LogP contribution in [0.4, 0.5) is 0 Å². The fraction of sp³-hybridized carbons (Fsp3) is 0.149. The summed E-state index contributed by atoms with van der Waals surface area (Å²) >= 11 is 0. The lowest BCUT2D eigenvalue weighted by Gasteiger charge is -2.33. The zero-order valence-electron chi connectivity index (χ0n) is 29.4. The minimum atomic E-state index is 0.0154. The van der Waals surface area contributed by atoms with E-state index >= 15 is 0 Å². The fourth-order valence-electron chi connectivity index (χ4n) is 9.29. The Morgan fingerprint density at radius 3 is 1.73 bits per heavy atom. The standard InChI is InChI=1S/C47H39BO/c1-26-24-31(6)45(32(7)25-26)48-38-16-8-9-17-39(38)49-47-37-23-22-35-34(40-27(2)12-10-13-28(40)3)20-18-33-19-21-36(43(37)42(33)35)44(46(47)48)41-29(4)14-11-15-30(41)5/h8-25H,1-7H3. The van der Waals surface area contributed by atoms with Crippen LogP contribution >= 0.6 is 0 Å². The van der Waals surface area contributed by atoms with Crippen LogP contribution in [-0.2, 0) is 0 Å². The van der Waals surface area contributed by atoms with Gasteiger partial charge < -0.3 is 4.74 Å². The molecule has 0 spiro atoms. The summed E-state index contributed by atoms with van der Waals surface area (Å²) in [5, 5.41) is 7.62. The van der Waals surface area contributed by atoms with Gasteiger partial charge in [-0.1, -0.05) is 119 Å². The van der Waals surface area contributed by atoms with Gasteiger partial charge in [0.15, 0.2) is 0 Å². The van der Waals surface area contributed by atoms with Gasteiger partial charge in [0.05, 0.1) is 0 Å². The largest absolute Gasteiger partial charge is 0.458 e. The molecule has 1 aliphatic rings. The Labute approximate surface area is 289 Å². The zero-order chi connectivity index (χ0) is 33.7. The summed E-state index contributed by atoms with van der Waals surface area (Å²) in [6, 6.07) is 40.8. The maximum absolute atomic E-state index is 7.18. The van der Waals surface area contributed by atoms with Gasteiger partial charge in [-0.05, 0) is 138 Å². The molecular formula is C47H39BO. The second-order valence-electron chi connectivity index (χ2n) is 14.4. The summed E-state index contributed by atoms with van der Waals surface area (Å²) < 4.78 is 7.18. The van der Waals surface area contributed by atoms with Crippen molar-refractivity contribution < 1.29 is 4.74 Å². The van der Waals surface area contributed by atoms with Crippen molar-refractivity contribution in [3.05, 3.63) is 148 Å². The van der Waals surface area contributed by atoms with Gasteiger partial charge >= 0.3 is 0 Å². The van der Waals surface area contributed by atoms with E-state index in [-0.39, 0.29) is 6.71 Å². The molecule has 8 aromatic carbocycles. The molecule has 0 bridgehead atoms. The van der Waals surface area contributed by atoms with E-state index in [1.54, 1.807) is 0 Å². The highest BCUT2D eigenvalue weighted by Crippen LogP contribution is 2.48. The smallest absolute Gasteiger partial charge is 0.252 e. The number of para-hydroxylation sites is 1. The van der Waals surface area contributed by atoms with Gasteiger partial charge in [0.2, 0.25) is 0 Å². The van der Waals surface area contributed by atoms with Crippen molar-refractivity contribution in [1.82, 2.24) is 0 Å². The quantitative estimate of drug-likeness (QED) is 0.139. The lowest BCUT2D eigenvalue weighted by Crippen LogP contribution is -2.57. The van der Waals surface area contributed by atoms with Gasteiger partial charge in [-0.25, -0.2) is 0 Å². The van der Waals surface area contributed by atoms with Crippen molar-refractivity contribution in [2.75, 3.05) is 0 Å². The summed E-state index contributed by atoms with van der Waals surface area (Å²) in [7, 11) is 0. The molecule has 1 nitrogen and oxygen atoms in total. The summed E-state index contributed by atoms with van der Waals surface area (Å²) in [6.07, 6.45) is 0. The number of ether oxygens (including phenoxy) is 1. The molecule has 0 atom stereocenters. The van der Waals surface area contributed by atoms with E-state index in [4.69, 9.17) is 4.74 Å². The van der Waals surface area contributed by atoms with Crippen LogP contribution in [0.3, 0.4) is 0 Å². The van der Waals surface area contributed by atoms with Crippen molar-refractivity contribution in [2.45, 2.75) is 48.5 Å². The van der Waals surface area contributed by atoms with Crippen LogP contribution in [0.25, 0.3) is 54.6 Å². The lowest BCUT2D eigenvalue weighted by atomic mass is 9.33. The third kappa shape index (κ3) is 4.26. The van der Waals surface area contributed by atoms with E-state index in [1.165, 1.54) is 110 Å². The van der Waals surface area contributed by atoms with Gasteiger partial charge in [0.1, 0.15) is 11.5 Å². The van der Waals surface area contributed by atoms with E-state index in [1.807, 2.05) is 0 Å². The average Bonchev–Trinajstić information content (AvgIpc) is 3.07. The first kappa shape index (κ1) is 29.8. The SMILES string of the molecule is Cc1cc(C)c(B2c3ccccc3Oc3c2c(-c2c(C)cccc2C)c2ccc4ccc(-c5c(C)cccc5C)c5ccc3c2c45)c(C)c1. The fourth-order valence-corrected chi connectivity index (χ4v) is 9.29. The molecule has 9 rings (SSSR count). The Hall–Kier alpha value is -5.34. The van der Waals surface area contributed by atoms with Gasteiger partial charge in [0, 0.05) is 10.8 Å². The molecule has 0 N–H and O–H groups in total. The first-order valence-corrected chi connectivity index (χ1v) is 17.5. The van der Waals surface area contributed by atoms with Crippen LogP contribution in [0.2, 0.25) is 0 Å². The third-order valence-corrected chi connectivity index (χ3v) is 11.2. The molecule has 0 saturated carbocycles. The van der Waals surface area contributed by atoms with Crippen molar-refractivity contribution in [2.24, 2.45) is 0 Å². The molecule has 49 heavy (non-hydrogen) atoms. The first-order valence-electron chi connectivity index (χ1n) is 17.5. The van der Waals surface area contributed by atoms with Crippen LogP contribution in [0.1, 0.15) is 38.9 Å². The summed E-state index contributed by atoms with van der Waals surface area (Å²) in [6.45, 7) is 15.8. The number of hydrogen-bond donors (Lipinski definition) is 0. The van der Waals surface area contributed by atoms with Crippen LogP contribution in [-0.4, -0.2) is 6.71 Å². The third-order valence-electron chi connectivity index (χ3n) is 11.2. The maximum Gasteiger partial charge on any atom is 0.252 e. The first-order chi connectivity index (χ1) is 23.7. The van der Waals surface area contributed by atoms with Gasteiger partial charge in [0.25, 0.3) is 6.71 Å².